The van der Waals surface area contributed by atoms with Crippen LogP contribution in [0.25, 0.3) is 0 Å². The second kappa shape index (κ2) is 11.7. The molecule has 1 aromatic rings. The topological polar surface area (TPSA) is 84.3 Å². The first-order valence-electron chi connectivity index (χ1n) is 9.69. The van der Waals surface area contributed by atoms with Crippen LogP contribution in [0.4, 0.5) is 0 Å². The van der Waals surface area contributed by atoms with E-state index in [1.54, 1.807) is 7.11 Å². The fourth-order valence-electron chi connectivity index (χ4n) is 3.04. The highest BCUT2D eigenvalue weighted by Gasteiger charge is 2.34. The lowest BCUT2D eigenvalue weighted by Gasteiger charge is -2.24. The van der Waals surface area contributed by atoms with E-state index < -0.39 is 0 Å². The minimum Gasteiger partial charge on any atom is -0.497 e. The molecule has 7 heteroatoms. The molecule has 1 saturated heterocycles. The van der Waals surface area contributed by atoms with Gasteiger partial charge in [0, 0.05) is 37.8 Å². The number of ether oxygens (including phenoxy) is 3. The Balaban J connectivity index is 1.74. The Morgan fingerprint density at radius 3 is 2.89 bits per heavy atom. The quantitative estimate of drug-likeness (QED) is 0.309. The van der Waals surface area contributed by atoms with E-state index in [0.29, 0.717) is 19.8 Å². The Labute approximate surface area is 162 Å². The number of aliphatic imine (C=N–C) groups is 1. The lowest BCUT2D eigenvalue weighted by atomic mass is 9.84. The molecule has 27 heavy (non-hydrogen) atoms. The second-order valence-corrected chi connectivity index (χ2v) is 6.78. The van der Waals surface area contributed by atoms with E-state index in [0.717, 1.165) is 56.4 Å². The summed E-state index contributed by atoms with van der Waals surface area (Å²) in [5.74, 6) is 2.39. The first-order valence-corrected chi connectivity index (χ1v) is 9.69. The van der Waals surface area contributed by atoms with Gasteiger partial charge in [0.2, 0.25) is 0 Å². The lowest BCUT2D eigenvalue weighted by molar-refractivity contribution is 0.131. The lowest BCUT2D eigenvalue weighted by Crippen LogP contribution is -2.39. The van der Waals surface area contributed by atoms with Gasteiger partial charge in [-0.05, 0) is 38.3 Å². The number of hydrogen-bond acceptors (Lipinski definition) is 5. The molecule has 0 saturated carbocycles. The Morgan fingerprint density at radius 1 is 1.33 bits per heavy atom. The summed E-state index contributed by atoms with van der Waals surface area (Å²) in [7, 11) is 1.65. The van der Waals surface area contributed by atoms with Gasteiger partial charge in [0.1, 0.15) is 11.5 Å². The van der Waals surface area contributed by atoms with Crippen LogP contribution in [0.3, 0.4) is 0 Å². The SMILES string of the molecule is CCNC(=NCC1(CCO)CCOC1)NCCCOc1cccc(OC)c1. The molecular formula is C20H33N3O4. The molecule has 1 unspecified atom stereocenters. The molecule has 0 radical (unpaired) electrons. The first-order chi connectivity index (χ1) is 13.2. The van der Waals surface area contributed by atoms with Crippen molar-refractivity contribution < 1.29 is 19.3 Å². The molecule has 1 aromatic carbocycles. The van der Waals surface area contributed by atoms with Gasteiger partial charge in [-0.25, -0.2) is 0 Å². The van der Waals surface area contributed by atoms with Gasteiger partial charge >= 0.3 is 0 Å². The third-order valence-corrected chi connectivity index (χ3v) is 4.67. The number of aliphatic hydroxyl groups is 1. The summed E-state index contributed by atoms with van der Waals surface area (Å²) < 4.78 is 16.5. The van der Waals surface area contributed by atoms with Crippen molar-refractivity contribution in [3.8, 4) is 11.5 Å². The van der Waals surface area contributed by atoms with Crippen molar-refractivity contribution in [2.45, 2.75) is 26.2 Å². The van der Waals surface area contributed by atoms with Crippen LogP contribution in [-0.2, 0) is 4.74 Å². The highest BCUT2D eigenvalue weighted by molar-refractivity contribution is 5.79. The number of benzene rings is 1. The molecular weight excluding hydrogens is 346 g/mol. The zero-order valence-electron chi connectivity index (χ0n) is 16.5. The zero-order chi connectivity index (χ0) is 19.4. The summed E-state index contributed by atoms with van der Waals surface area (Å²) in [5, 5.41) is 15.9. The van der Waals surface area contributed by atoms with E-state index in [9.17, 15) is 5.11 Å². The van der Waals surface area contributed by atoms with E-state index in [1.807, 2.05) is 31.2 Å². The smallest absolute Gasteiger partial charge is 0.191 e. The van der Waals surface area contributed by atoms with Crippen LogP contribution in [0, 0.1) is 5.41 Å². The third kappa shape index (κ3) is 7.27. The van der Waals surface area contributed by atoms with Gasteiger partial charge in [-0.3, -0.25) is 4.99 Å². The predicted molar refractivity (Wildman–Crippen MR) is 107 cm³/mol. The first kappa shape index (κ1) is 21.3. The summed E-state index contributed by atoms with van der Waals surface area (Å²) >= 11 is 0. The monoisotopic (exact) mass is 379 g/mol. The Bertz CT molecular complexity index is 574. The van der Waals surface area contributed by atoms with E-state index in [2.05, 4.69) is 10.6 Å². The molecule has 1 aliphatic rings. The predicted octanol–water partition coefficient (Wildman–Crippen LogP) is 1.81. The summed E-state index contributed by atoms with van der Waals surface area (Å²) in [5.41, 5.74) is -0.0351. The Hall–Kier alpha value is -1.99. The number of methoxy groups -OCH3 is 1. The molecule has 0 spiro atoms. The van der Waals surface area contributed by atoms with Crippen molar-refractivity contribution in [3.05, 3.63) is 24.3 Å². The molecule has 1 atom stereocenters. The van der Waals surface area contributed by atoms with E-state index in [4.69, 9.17) is 19.2 Å². The van der Waals surface area contributed by atoms with Crippen molar-refractivity contribution >= 4 is 5.96 Å². The van der Waals surface area contributed by atoms with Crippen LogP contribution in [0.2, 0.25) is 0 Å². The average Bonchev–Trinajstić information content (AvgIpc) is 3.15. The molecule has 0 aromatic heterocycles. The maximum atomic E-state index is 9.33. The van der Waals surface area contributed by atoms with Crippen molar-refractivity contribution in [1.82, 2.24) is 10.6 Å². The molecule has 0 aliphatic carbocycles. The minimum absolute atomic E-state index is 0.0351. The summed E-state index contributed by atoms with van der Waals surface area (Å²) in [6, 6.07) is 7.61. The molecule has 7 nitrogen and oxygen atoms in total. The molecule has 0 amide bonds. The van der Waals surface area contributed by atoms with Gasteiger partial charge in [-0.2, -0.15) is 0 Å². The molecule has 1 aliphatic heterocycles. The third-order valence-electron chi connectivity index (χ3n) is 4.67. The van der Waals surface area contributed by atoms with Gasteiger partial charge in [-0.15, -0.1) is 0 Å². The fraction of sp³-hybridized carbons (Fsp3) is 0.650. The van der Waals surface area contributed by atoms with Crippen molar-refractivity contribution in [2.24, 2.45) is 10.4 Å². The summed E-state index contributed by atoms with van der Waals surface area (Å²) in [6.45, 7) is 6.47. The van der Waals surface area contributed by atoms with E-state index in [-0.39, 0.29) is 12.0 Å². The molecule has 1 heterocycles. The van der Waals surface area contributed by atoms with Crippen LogP contribution < -0.4 is 20.1 Å². The molecule has 3 N–H and O–H groups in total. The van der Waals surface area contributed by atoms with E-state index in [1.165, 1.54) is 0 Å². The van der Waals surface area contributed by atoms with Gasteiger partial charge in [-0.1, -0.05) is 6.07 Å². The largest absolute Gasteiger partial charge is 0.497 e. The van der Waals surface area contributed by atoms with E-state index >= 15 is 0 Å². The summed E-state index contributed by atoms with van der Waals surface area (Å²) in [4.78, 5) is 4.71. The van der Waals surface area contributed by atoms with Crippen LogP contribution in [0.15, 0.2) is 29.3 Å². The molecule has 0 bridgehead atoms. The van der Waals surface area contributed by atoms with Gasteiger partial charge < -0.3 is 30.0 Å². The highest BCUT2D eigenvalue weighted by atomic mass is 16.5. The maximum absolute atomic E-state index is 9.33. The van der Waals surface area contributed by atoms with Crippen LogP contribution in [0.1, 0.15) is 26.2 Å². The number of nitrogens with zero attached hydrogens (tertiary/aromatic N) is 1. The van der Waals surface area contributed by atoms with Crippen molar-refractivity contribution in [3.63, 3.8) is 0 Å². The molecule has 2 rings (SSSR count). The number of aliphatic hydroxyl groups excluding tert-OH is 1. The maximum Gasteiger partial charge on any atom is 0.191 e. The number of rotatable bonds is 11. The standard InChI is InChI=1S/C20H33N3O4/c1-3-21-19(23-15-20(8-11-24)9-13-26-16-20)22-10-5-12-27-18-7-4-6-17(14-18)25-2/h4,6-7,14,24H,3,5,8-13,15-16H2,1-2H3,(H2,21,22,23). The normalized spacial score (nSPS) is 19.7. The van der Waals surface area contributed by atoms with Gasteiger partial charge in [0.15, 0.2) is 5.96 Å². The van der Waals surface area contributed by atoms with Gasteiger partial charge in [0.05, 0.1) is 26.9 Å². The van der Waals surface area contributed by atoms with Crippen molar-refractivity contribution in [2.75, 3.05) is 53.2 Å². The fourth-order valence-corrected chi connectivity index (χ4v) is 3.04. The Morgan fingerprint density at radius 2 is 2.19 bits per heavy atom. The Kier molecular flexibility index (Phi) is 9.21. The van der Waals surface area contributed by atoms with Crippen molar-refractivity contribution in [1.29, 1.82) is 0 Å². The summed E-state index contributed by atoms with van der Waals surface area (Å²) in [6.07, 6.45) is 2.53. The molecule has 152 valence electrons. The number of hydrogen-bond donors (Lipinski definition) is 3. The number of nitrogens with one attached hydrogen (secondary N) is 2. The highest BCUT2D eigenvalue weighted by Crippen LogP contribution is 2.32. The van der Waals surface area contributed by atoms with Crippen LogP contribution in [0.5, 0.6) is 11.5 Å². The second-order valence-electron chi connectivity index (χ2n) is 6.78. The minimum atomic E-state index is -0.0351. The van der Waals surface area contributed by atoms with Crippen LogP contribution in [-0.4, -0.2) is 64.2 Å². The zero-order valence-corrected chi connectivity index (χ0v) is 16.5. The number of guanidine groups is 1. The molecule has 1 fully saturated rings. The van der Waals surface area contributed by atoms with Crippen LogP contribution >= 0.6 is 0 Å². The average molecular weight is 380 g/mol. The van der Waals surface area contributed by atoms with Gasteiger partial charge in [0.25, 0.3) is 0 Å².